The van der Waals surface area contributed by atoms with Gasteiger partial charge in [0, 0.05) is 5.56 Å². The molecule has 0 aliphatic rings. The van der Waals surface area contributed by atoms with Crippen molar-refractivity contribution in [3.63, 3.8) is 0 Å². The third kappa shape index (κ3) is 6.95. The van der Waals surface area contributed by atoms with E-state index in [-0.39, 0.29) is 28.2 Å². The molecular weight excluding hydrogens is 407 g/mol. The molecule has 0 amide bonds. The lowest BCUT2D eigenvalue weighted by Crippen LogP contribution is -2.29. The van der Waals surface area contributed by atoms with Gasteiger partial charge in [-0.15, -0.1) is 0 Å². The van der Waals surface area contributed by atoms with Gasteiger partial charge in [0.1, 0.15) is 22.1 Å². The maximum atomic E-state index is 12.9. The van der Waals surface area contributed by atoms with Crippen LogP contribution in [0.1, 0.15) is 32.4 Å². The fourth-order valence-corrected chi connectivity index (χ4v) is 3.63. The van der Waals surface area contributed by atoms with Crippen LogP contribution < -0.4 is 4.74 Å². The fourth-order valence-electron chi connectivity index (χ4n) is 3.23. The Kier molecular flexibility index (Phi) is 8.81. The Bertz CT molecular complexity index is 842. The average Bonchev–Trinajstić information content (AvgIpc) is 2.66. The fraction of sp³-hybridized carbons (Fsp3) is 0.292. The number of para-hydroxylation sites is 1. The Morgan fingerprint density at radius 2 is 1.66 bits per heavy atom. The molecule has 0 aromatic heterocycles. The van der Waals surface area contributed by atoms with Crippen molar-refractivity contribution in [2.45, 2.75) is 26.9 Å². The number of hydrogen-bond acceptors (Lipinski definition) is 3. The maximum Gasteiger partial charge on any atom is 0.310 e. The second-order valence-corrected chi connectivity index (χ2v) is 8.17. The molecule has 154 valence electrons. The largest absolute Gasteiger partial charge is 0.457 e. The number of ether oxygens (including phenoxy) is 2. The van der Waals surface area contributed by atoms with Crippen molar-refractivity contribution < 1.29 is 14.3 Å². The highest BCUT2D eigenvalue weighted by molar-refractivity contribution is 6.55. The summed E-state index contributed by atoms with van der Waals surface area (Å²) in [6, 6.07) is 16.9. The first-order chi connectivity index (χ1) is 13.8. The summed E-state index contributed by atoms with van der Waals surface area (Å²) in [6.07, 6.45) is 2.67. The van der Waals surface area contributed by atoms with Crippen LogP contribution in [0.25, 0.3) is 0 Å². The summed E-state index contributed by atoms with van der Waals surface area (Å²) < 4.78 is 11.8. The quantitative estimate of drug-likeness (QED) is 0.304. The molecular formula is C24H26Cl2O3. The number of carbonyl (C=O) groups excluding carboxylic acids is 1. The summed E-state index contributed by atoms with van der Waals surface area (Å²) >= 11 is 11.6. The lowest BCUT2D eigenvalue weighted by atomic mass is 9.84. The third-order valence-electron chi connectivity index (χ3n) is 4.57. The summed E-state index contributed by atoms with van der Waals surface area (Å²) in [7, 11) is 0. The van der Waals surface area contributed by atoms with Gasteiger partial charge in [0.25, 0.3) is 0 Å². The molecule has 0 N–H and O–H groups in total. The Morgan fingerprint density at radius 3 is 2.24 bits per heavy atom. The molecule has 0 spiro atoms. The van der Waals surface area contributed by atoms with E-state index < -0.39 is 6.10 Å². The van der Waals surface area contributed by atoms with Crippen molar-refractivity contribution >= 4 is 29.2 Å². The molecule has 0 saturated heterocycles. The molecule has 2 rings (SSSR count). The van der Waals surface area contributed by atoms with Crippen molar-refractivity contribution in [1.82, 2.24) is 0 Å². The van der Waals surface area contributed by atoms with Crippen molar-refractivity contribution in [3.8, 4) is 11.5 Å². The van der Waals surface area contributed by atoms with Gasteiger partial charge in [0.2, 0.25) is 0 Å². The first kappa shape index (κ1) is 23.1. The van der Waals surface area contributed by atoms with Crippen LogP contribution in [0, 0.1) is 17.8 Å². The predicted molar refractivity (Wildman–Crippen MR) is 119 cm³/mol. The number of esters is 1. The molecule has 0 aliphatic carbocycles. The number of hydrogen-bond donors (Lipinski definition) is 0. The van der Waals surface area contributed by atoms with E-state index in [1.807, 2.05) is 75.4 Å². The SMILES string of the molecule is C=CC(OC(=O)C(C(C)C)C(C)C=C(Cl)Cl)c1cccc(Oc2ccccc2)c1. The molecule has 3 atom stereocenters. The van der Waals surface area contributed by atoms with E-state index in [2.05, 4.69) is 6.58 Å². The highest BCUT2D eigenvalue weighted by Gasteiger charge is 2.30. The minimum absolute atomic E-state index is 0.0552. The van der Waals surface area contributed by atoms with Crippen LogP contribution in [0.3, 0.4) is 0 Å². The zero-order chi connectivity index (χ0) is 21.4. The van der Waals surface area contributed by atoms with Crippen LogP contribution in [0.2, 0.25) is 0 Å². The average molecular weight is 433 g/mol. The summed E-state index contributed by atoms with van der Waals surface area (Å²) in [5.74, 6) is 0.578. The monoisotopic (exact) mass is 432 g/mol. The Morgan fingerprint density at radius 1 is 1.00 bits per heavy atom. The predicted octanol–water partition coefficient (Wildman–Crippen LogP) is 7.48. The van der Waals surface area contributed by atoms with E-state index in [9.17, 15) is 4.79 Å². The molecule has 0 radical (unpaired) electrons. The van der Waals surface area contributed by atoms with E-state index >= 15 is 0 Å². The molecule has 0 bridgehead atoms. The van der Waals surface area contributed by atoms with Gasteiger partial charge in [0.15, 0.2) is 0 Å². The minimum Gasteiger partial charge on any atom is -0.457 e. The number of halogens is 2. The number of rotatable bonds is 9. The summed E-state index contributed by atoms with van der Waals surface area (Å²) in [5.41, 5.74) is 0.780. The summed E-state index contributed by atoms with van der Waals surface area (Å²) in [5, 5.41) is 0. The van der Waals surface area contributed by atoms with E-state index in [1.54, 1.807) is 12.2 Å². The van der Waals surface area contributed by atoms with Crippen LogP contribution >= 0.6 is 23.2 Å². The van der Waals surface area contributed by atoms with E-state index in [1.165, 1.54) is 0 Å². The van der Waals surface area contributed by atoms with Crippen molar-refractivity contribution in [2.75, 3.05) is 0 Å². The Balaban J connectivity index is 2.18. The zero-order valence-electron chi connectivity index (χ0n) is 16.8. The van der Waals surface area contributed by atoms with Gasteiger partial charge in [-0.2, -0.15) is 0 Å². The Labute approximate surface area is 182 Å². The molecule has 3 unspecified atom stereocenters. The second-order valence-electron chi connectivity index (χ2n) is 7.17. The summed E-state index contributed by atoms with van der Waals surface area (Å²) in [6.45, 7) is 9.66. The zero-order valence-corrected chi connectivity index (χ0v) is 18.4. The molecule has 5 heteroatoms. The van der Waals surface area contributed by atoms with Gasteiger partial charge in [0.05, 0.1) is 5.92 Å². The molecule has 0 aliphatic heterocycles. The van der Waals surface area contributed by atoms with Gasteiger partial charge in [-0.25, -0.2) is 0 Å². The van der Waals surface area contributed by atoms with E-state index in [0.29, 0.717) is 5.75 Å². The van der Waals surface area contributed by atoms with Crippen LogP contribution in [0.4, 0.5) is 0 Å². The molecule has 29 heavy (non-hydrogen) atoms. The first-order valence-electron chi connectivity index (χ1n) is 9.50. The lowest BCUT2D eigenvalue weighted by Gasteiger charge is -2.26. The number of allylic oxidation sites excluding steroid dienone is 1. The molecule has 0 saturated carbocycles. The first-order valence-corrected chi connectivity index (χ1v) is 10.3. The van der Waals surface area contributed by atoms with Crippen molar-refractivity contribution in [1.29, 1.82) is 0 Å². The normalized spacial score (nSPS) is 13.9. The van der Waals surface area contributed by atoms with E-state index in [0.717, 1.165) is 11.3 Å². The second kappa shape index (κ2) is 11.1. The molecule has 0 fully saturated rings. The molecule has 3 nitrogen and oxygen atoms in total. The number of benzene rings is 2. The van der Waals surface area contributed by atoms with Crippen LogP contribution in [0.15, 0.2) is 77.8 Å². The molecule has 0 heterocycles. The highest BCUT2D eigenvalue weighted by atomic mass is 35.5. The highest BCUT2D eigenvalue weighted by Crippen LogP contribution is 2.31. The topological polar surface area (TPSA) is 35.5 Å². The van der Waals surface area contributed by atoms with E-state index in [4.69, 9.17) is 32.7 Å². The maximum absolute atomic E-state index is 12.9. The minimum atomic E-state index is -0.592. The molecule has 2 aromatic carbocycles. The lowest BCUT2D eigenvalue weighted by molar-refractivity contribution is -0.155. The van der Waals surface area contributed by atoms with Gasteiger partial charge in [-0.05, 0) is 42.2 Å². The van der Waals surface area contributed by atoms with Gasteiger partial charge < -0.3 is 9.47 Å². The smallest absolute Gasteiger partial charge is 0.310 e. The van der Waals surface area contributed by atoms with Gasteiger partial charge in [-0.1, -0.05) is 87.0 Å². The van der Waals surface area contributed by atoms with Crippen molar-refractivity contribution in [2.24, 2.45) is 17.8 Å². The van der Waals surface area contributed by atoms with Crippen LogP contribution in [-0.2, 0) is 9.53 Å². The standard InChI is InChI=1S/C24H26Cl2O3/c1-5-21(29-24(27)23(16(2)3)17(4)14-22(25)26)18-10-9-13-20(15-18)28-19-11-7-6-8-12-19/h5-17,21,23H,1H2,2-4H3. The van der Waals surface area contributed by atoms with Crippen LogP contribution in [0.5, 0.6) is 11.5 Å². The van der Waals surface area contributed by atoms with Gasteiger partial charge in [-0.3, -0.25) is 4.79 Å². The number of carbonyl (C=O) groups is 1. The van der Waals surface area contributed by atoms with Crippen molar-refractivity contribution in [3.05, 3.63) is 83.4 Å². The Hall–Kier alpha value is -2.23. The van der Waals surface area contributed by atoms with Crippen LogP contribution in [-0.4, -0.2) is 5.97 Å². The third-order valence-corrected chi connectivity index (χ3v) is 4.82. The summed E-state index contributed by atoms with van der Waals surface area (Å²) in [4.78, 5) is 12.9. The van der Waals surface area contributed by atoms with Gasteiger partial charge >= 0.3 is 5.97 Å². The molecule has 2 aromatic rings.